The summed E-state index contributed by atoms with van der Waals surface area (Å²) in [4.78, 5) is 10.1. The molecule has 0 heterocycles. The van der Waals surface area contributed by atoms with E-state index in [1.165, 1.54) is 13.0 Å². The van der Waals surface area contributed by atoms with Crippen molar-refractivity contribution in [1.82, 2.24) is 0 Å². The molecule has 0 bridgehead atoms. The van der Waals surface area contributed by atoms with Gasteiger partial charge in [0.05, 0.1) is 0 Å². The first-order chi connectivity index (χ1) is 3.13. The standard InChI is InChI=1S/C5H8NO.Ni/c1-4(6)3-5(2)7;/h3H,1,6H2,2H3;. The molecule has 1 radical (unpaired) electrons. The summed E-state index contributed by atoms with van der Waals surface area (Å²) < 4.78 is 0. The van der Waals surface area contributed by atoms with Gasteiger partial charge >= 0.3 is 0 Å². The van der Waals surface area contributed by atoms with Crippen molar-refractivity contribution < 1.29 is 21.3 Å². The van der Waals surface area contributed by atoms with Gasteiger partial charge in [-0.1, -0.05) is 0 Å². The molecule has 0 amide bonds. The number of ketones is 1. The van der Waals surface area contributed by atoms with Crippen molar-refractivity contribution >= 4 is 5.78 Å². The number of carbonyl (C=O) groups is 1. The fraction of sp³-hybridized carbons (Fsp3) is 0.200. The second kappa shape index (κ2) is 4.85. The first kappa shape index (κ1) is 10.6. The third kappa shape index (κ3) is 9.20. The number of allylic oxidation sites excluding steroid dienone is 2. The normalized spacial score (nSPS) is 10.0. The molecule has 2 N–H and O–H groups in total. The molecule has 0 fully saturated rings. The van der Waals surface area contributed by atoms with Gasteiger partial charge < -0.3 is 5.73 Å². The molecule has 0 spiro atoms. The Morgan fingerprint density at radius 2 is 2.12 bits per heavy atom. The van der Waals surface area contributed by atoms with E-state index in [0.29, 0.717) is 5.70 Å². The van der Waals surface area contributed by atoms with E-state index < -0.39 is 0 Å². The van der Waals surface area contributed by atoms with Gasteiger partial charge in [-0.25, -0.2) is 0 Å². The van der Waals surface area contributed by atoms with Crippen molar-refractivity contribution in [3.8, 4) is 0 Å². The monoisotopic (exact) mass is 156 g/mol. The smallest absolute Gasteiger partial charge is 0.154 e. The summed E-state index contributed by atoms with van der Waals surface area (Å²) in [6, 6.07) is 0. The summed E-state index contributed by atoms with van der Waals surface area (Å²) in [5.41, 5.74) is 5.34. The van der Waals surface area contributed by atoms with Gasteiger partial charge in [-0.2, -0.15) is 0 Å². The van der Waals surface area contributed by atoms with Crippen LogP contribution < -0.4 is 5.73 Å². The Kier molecular flexibility index (Phi) is 6.46. The zero-order chi connectivity index (χ0) is 5.86. The zero-order valence-electron chi connectivity index (χ0n) is 4.59. The predicted octanol–water partition coefficient (Wildman–Crippen LogP) is 0.250. The summed E-state index contributed by atoms with van der Waals surface area (Å²) in [7, 11) is 0. The maximum absolute atomic E-state index is 10.1. The predicted molar refractivity (Wildman–Crippen MR) is 28.3 cm³/mol. The van der Waals surface area contributed by atoms with Crippen LogP contribution in [-0.2, 0) is 21.3 Å². The second-order valence-corrected chi connectivity index (χ2v) is 1.33. The molecule has 0 saturated carbocycles. The van der Waals surface area contributed by atoms with Crippen LogP contribution in [0.3, 0.4) is 0 Å². The molecule has 0 aliphatic rings. The maximum atomic E-state index is 10.1. The molecular formula is C5H8NNiO. The topological polar surface area (TPSA) is 43.1 Å². The van der Waals surface area contributed by atoms with E-state index in [-0.39, 0.29) is 22.3 Å². The van der Waals surface area contributed by atoms with Crippen molar-refractivity contribution in [2.45, 2.75) is 6.92 Å². The molecule has 2 nitrogen and oxygen atoms in total. The summed E-state index contributed by atoms with van der Waals surface area (Å²) >= 11 is 0. The maximum Gasteiger partial charge on any atom is 0.154 e. The Morgan fingerprint density at radius 1 is 1.75 bits per heavy atom. The van der Waals surface area contributed by atoms with Gasteiger partial charge in [0, 0.05) is 22.2 Å². The van der Waals surface area contributed by atoms with Crippen LogP contribution >= 0.6 is 0 Å². The van der Waals surface area contributed by atoms with Crippen molar-refractivity contribution in [3.63, 3.8) is 0 Å². The van der Waals surface area contributed by atoms with Crippen LogP contribution in [0.2, 0.25) is 0 Å². The summed E-state index contributed by atoms with van der Waals surface area (Å²) in [5, 5.41) is 0. The van der Waals surface area contributed by atoms with Crippen LogP contribution in [0.15, 0.2) is 11.8 Å². The number of nitrogens with two attached hydrogens (primary N) is 1. The summed E-state index contributed by atoms with van der Waals surface area (Å²) in [6.45, 7) is 4.73. The number of hydrogen-bond acceptors (Lipinski definition) is 2. The molecule has 0 aromatic carbocycles. The Bertz CT molecular complexity index is 105. The summed E-state index contributed by atoms with van der Waals surface area (Å²) in [6.07, 6.45) is 1.28. The van der Waals surface area contributed by atoms with Crippen LogP contribution in [0.5, 0.6) is 0 Å². The molecule has 0 aliphatic carbocycles. The number of rotatable bonds is 1. The molecule has 3 heteroatoms. The van der Waals surface area contributed by atoms with Crippen molar-refractivity contribution in [2.75, 3.05) is 0 Å². The van der Waals surface area contributed by atoms with Crippen LogP contribution in [0, 0.1) is 6.92 Å². The molecule has 49 valence electrons. The molecule has 0 aromatic heterocycles. The van der Waals surface area contributed by atoms with Gasteiger partial charge in [0.2, 0.25) is 0 Å². The van der Waals surface area contributed by atoms with Gasteiger partial charge in [0.25, 0.3) is 0 Å². The molecular weight excluding hydrogens is 149 g/mol. The Labute approximate surface area is 59.1 Å². The van der Waals surface area contributed by atoms with Crippen LogP contribution in [0.4, 0.5) is 0 Å². The largest absolute Gasteiger partial charge is 0.402 e. The average molecular weight is 157 g/mol. The Morgan fingerprint density at radius 3 is 2.12 bits per heavy atom. The average Bonchev–Trinajstić information content (AvgIpc) is 1.27. The SMILES string of the molecule is [CH2]C(N)=CC(C)=O.[Ni]. The molecule has 0 saturated heterocycles. The molecule has 8 heavy (non-hydrogen) atoms. The minimum absolute atomic E-state index is 0. The van der Waals surface area contributed by atoms with Crippen molar-refractivity contribution in [2.24, 2.45) is 5.73 Å². The van der Waals surface area contributed by atoms with Crippen LogP contribution in [-0.4, -0.2) is 5.78 Å². The van der Waals surface area contributed by atoms with E-state index >= 15 is 0 Å². The van der Waals surface area contributed by atoms with Crippen LogP contribution in [0.1, 0.15) is 6.92 Å². The third-order valence-corrected chi connectivity index (χ3v) is 0.389. The van der Waals surface area contributed by atoms with E-state index in [1.54, 1.807) is 0 Å². The minimum Gasteiger partial charge on any atom is -0.402 e. The first-order valence-electron chi connectivity index (χ1n) is 1.92. The van der Waals surface area contributed by atoms with Crippen molar-refractivity contribution in [3.05, 3.63) is 18.7 Å². The van der Waals surface area contributed by atoms with Gasteiger partial charge in [-0.05, 0) is 19.9 Å². The molecule has 0 atom stereocenters. The summed E-state index contributed by atoms with van der Waals surface area (Å²) in [5.74, 6) is -0.0625. The fourth-order valence-electron chi connectivity index (χ4n) is 0.261. The molecule has 0 aromatic rings. The van der Waals surface area contributed by atoms with Gasteiger partial charge in [0.15, 0.2) is 5.78 Å². The van der Waals surface area contributed by atoms with E-state index in [4.69, 9.17) is 5.73 Å². The van der Waals surface area contributed by atoms with Gasteiger partial charge in [-0.3, -0.25) is 4.79 Å². The molecule has 0 rings (SSSR count). The quantitative estimate of drug-likeness (QED) is 0.437. The van der Waals surface area contributed by atoms with Crippen molar-refractivity contribution in [1.29, 1.82) is 0 Å². The number of carbonyl (C=O) groups excluding carboxylic acids is 1. The van der Waals surface area contributed by atoms with E-state index in [1.807, 2.05) is 0 Å². The number of hydrogen-bond donors (Lipinski definition) is 1. The van der Waals surface area contributed by atoms with Gasteiger partial charge in [0.1, 0.15) is 0 Å². The fourth-order valence-corrected chi connectivity index (χ4v) is 0.261. The Hall–Kier alpha value is -0.296. The second-order valence-electron chi connectivity index (χ2n) is 1.33. The first-order valence-corrected chi connectivity index (χ1v) is 1.92. The van der Waals surface area contributed by atoms with Gasteiger partial charge in [-0.15, -0.1) is 0 Å². The molecule has 0 unspecified atom stereocenters. The Balaban J connectivity index is 0. The van der Waals surface area contributed by atoms with E-state index in [0.717, 1.165) is 0 Å². The minimum atomic E-state index is -0.0625. The molecule has 0 aliphatic heterocycles. The van der Waals surface area contributed by atoms with E-state index in [9.17, 15) is 4.79 Å². The third-order valence-electron chi connectivity index (χ3n) is 0.389. The van der Waals surface area contributed by atoms with Crippen LogP contribution in [0.25, 0.3) is 0 Å². The van der Waals surface area contributed by atoms with E-state index in [2.05, 4.69) is 6.92 Å². The zero-order valence-corrected chi connectivity index (χ0v) is 5.57.